The van der Waals surface area contributed by atoms with Gasteiger partial charge in [-0.05, 0) is 59.7 Å². The van der Waals surface area contributed by atoms with Crippen LogP contribution in [0.15, 0.2) is 45.8 Å². The first-order chi connectivity index (χ1) is 11.0. The Bertz CT molecular complexity index is 808. The first kappa shape index (κ1) is 16.4. The van der Waals surface area contributed by atoms with Crippen molar-refractivity contribution in [3.63, 3.8) is 0 Å². The molecule has 0 unspecified atom stereocenters. The number of nitrogens with one attached hydrogen (secondary N) is 2. The normalized spacial score (nSPS) is 17.7. The van der Waals surface area contributed by atoms with Crippen LogP contribution in [-0.4, -0.2) is 10.9 Å². The third-order valence-electron chi connectivity index (χ3n) is 3.67. The second-order valence-electron chi connectivity index (χ2n) is 5.38. The number of thiocarbonyl (C=S) groups is 1. The van der Waals surface area contributed by atoms with Crippen molar-refractivity contribution in [1.29, 1.82) is 0 Å². The van der Waals surface area contributed by atoms with Crippen molar-refractivity contribution in [2.24, 2.45) is 0 Å². The van der Waals surface area contributed by atoms with Gasteiger partial charge in [0.25, 0.3) is 0 Å². The van der Waals surface area contributed by atoms with Crippen LogP contribution in [0.2, 0.25) is 0 Å². The van der Waals surface area contributed by atoms with E-state index in [2.05, 4.69) is 26.6 Å². The van der Waals surface area contributed by atoms with Crippen LogP contribution in [0.5, 0.6) is 0 Å². The number of carbonyl (C=O) groups is 1. The lowest BCUT2D eigenvalue weighted by atomic mass is 9.94. The summed E-state index contributed by atoms with van der Waals surface area (Å²) in [5.41, 5.74) is 3.63. The molecule has 0 fully saturated rings. The van der Waals surface area contributed by atoms with Gasteiger partial charge in [0.05, 0.1) is 15.5 Å². The smallest absolute Gasteiger partial charge is 0.171 e. The number of thiophene rings is 1. The molecule has 1 aromatic carbocycles. The van der Waals surface area contributed by atoms with Crippen LogP contribution in [0.1, 0.15) is 29.0 Å². The molecule has 2 heterocycles. The lowest BCUT2D eigenvalue weighted by Gasteiger charge is -2.30. The molecule has 2 N–H and O–H groups in total. The number of Topliss-reactive ketones (excluding diaryl/α,β-unsaturated/α-hetero) is 1. The molecule has 0 saturated carbocycles. The third kappa shape index (κ3) is 3.39. The highest BCUT2D eigenvalue weighted by atomic mass is 79.9. The number of hydrogen-bond donors (Lipinski definition) is 2. The Hall–Kier alpha value is -1.50. The number of benzene rings is 1. The highest BCUT2D eigenvalue weighted by Gasteiger charge is 2.30. The van der Waals surface area contributed by atoms with Crippen LogP contribution in [0.4, 0.5) is 0 Å². The van der Waals surface area contributed by atoms with Gasteiger partial charge in [0.2, 0.25) is 0 Å². The third-order valence-corrected chi connectivity index (χ3v) is 5.58. The number of carbonyl (C=O) groups excluding carboxylic acids is 1. The predicted octanol–water partition coefficient (Wildman–Crippen LogP) is 4.34. The van der Waals surface area contributed by atoms with Gasteiger partial charge in [0.15, 0.2) is 10.9 Å². The molecule has 23 heavy (non-hydrogen) atoms. The fourth-order valence-corrected chi connectivity index (χ4v) is 4.29. The standard InChI is InChI=1S/C17H15BrN2OS2/c1-9-3-5-11(6-4-9)15-14(10(2)21)16(20-17(22)19-15)12-7-8-13(18)23-12/h3-8,16H,1-2H3,(H2,19,20,22)/t16-/m1/s1. The van der Waals surface area contributed by atoms with Gasteiger partial charge in [-0.2, -0.15) is 0 Å². The predicted molar refractivity (Wildman–Crippen MR) is 102 cm³/mol. The average Bonchev–Trinajstić information content (AvgIpc) is 2.93. The molecular formula is C17H15BrN2OS2. The summed E-state index contributed by atoms with van der Waals surface area (Å²) in [7, 11) is 0. The molecule has 1 aromatic heterocycles. The van der Waals surface area contributed by atoms with E-state index in [9.17, 15) is 4.79 Å². The average molecular weight is 407 g/mol. The Kier molecular flexibility index (Phi) is 4.66. The highest BCUT2D eigenvalue weighted by molar-refractivity contribution is 9.11. The van der Waals surface area contributed by atoms with E-state index in [-0.39, 0.29) is 11.8 Å². The van der Waals surface area contributed by atoms with E-state index >= 15 is 0 Å². The highest BCUT2D eigenvalue weighted by Crippen LogP contribution is 2.36. The number of halogens is 1. The van der Waals surface area contributed by atoms with E-state index < -0.39 is 0 Å². The second kappa shape index (κ2) is 6.55. The van der Waals surface area contributed by atoms with Gasteiger partial charge < -0.3 is 10.6 Å². The molecule has 0 radical (unpaired) electrons. The molecule has 118 valence electrons. The topological polar surface area (TPSA) is 41.1 Å². The molecule has 3 rings (SSSR count). The second-order valence-corrected chi connectivity index (χ2v) is 8.29. The summed E-state index contributed by atoms with van der Waals surface area (Å²) < 4.78 is 1.03. The molecular weight excluding hydrogens is 392 g/mol. The molecule has 1 aliphatic heterocycles. The molecule has 0 amide bonds. The number of ketones is 1. The van der Waals surface area contributed by atoms with Crippen LogP contribution in [-0.2, 0) is 4.79 Å². The lowest BCUT2D eigenvalue weighted by Crippen LogP contribution is -2.44. The van der Waals surface area contributed by atoms with Gasteiger partial charge in [0, 0.05) is 10.5 Å². The van der Waals surface area contributed by atoms with Crippen molar-refractivity contribution in [1.82, 2.24) is 10.6 Å². The van der Waals surface area contributed by atoms with Crippen molar-refractivity contribution in [3.8, 4) is 0 Å². The lowest BCUT2D eigenvalue weighted by molar-refractivity contribution is -0.113. The van der Waals surface area contributed by atoms with E-state index in [0.717, 1.165) is 19.9 Å². The van der Waals surface area contributed by atoms with Crippen molar-refractivity contribution < 1.29 is 4.79 Å². The summed E-state index contributed by atoms with van der Waals surface area (Å²) >= 11 is 10.4. The summed E-state index contributed by atoms with van der Waals surface area (Å²) in [6.45, 7) is 3.63. The zero-order valence-electron chi connectivity index (χ0n) is 12.6. The van der Waals surface area contributed by atoms with Crippen LogP contribution in [0, 0.1) is 6.92 Å². The molecule has 1 aliphatic rings. The molecule has 2 aromatic rings. The quantitative estimate of drug-likeness (QED) is 0.743. The molecule has 0 saturated heterocycles. The van der Waals surface area contributed by atoms with E-state index in [1.54, 1.807) is 18.3 Å². The van der Waals surface area contributed by atoms with Crippen molar-refractivity contribution in [3.05, 3.63) is 61.8 Å². The zero-order valence-corrected chi connectivity index (χ0v) is 15.9. The molecule has 6 heteroatoms. The minimum Gasteiger partial charge on any atom is -0.350 e. The minimum atomic E-state index is -0.228. The Balaban J connectivity index is 2.16. The molecule has 3 nitrogen and oxygen atoms in total. The Morgan fingerprint density at radius 3 is 2.48 bits per heavy atom. The van der Waals surface area contributed by atoms with Gasteiger partial charge >= 0.3 is 0 Å². The van der Waals surface area contributed by atoms with Gasteiger partial charge in [-0.1, -0.05) is 29.8 Å². The first-order valence-electron chi connectivity index (χ1n) is 7.10. The van der Waals surface area contributed by atoms with Crippen LogP contribution in [0.25, 0.3) is 5.70 Å². The van der Waals surface area contributed by atoms with E-state index in [0.29, 0.717) is 10.7 Å². The minimum absolute atomic E-state index is 0.0256. The monoisotopic (exact) mass is 406 g/mol. The number of hydrogen-bond acceptors (Lipinski definition) is 3. The fourth-order valence-electron chi connectivity index (χ4n) is 2.59. The summed E-state index contributed by atoms with van der Waals surface area (Å²) in [6, 6.07) is 11.8. The number of rotatable bonds is 3. The van der Waals surface area contributed by atoms with Crippen molar-refractivity contribution in [2.45, 2.75) is 19.9 Å². The molecule has 1 atom stereocenters. The summed E-state index contributed by atoms with van der Waals surface area (Å²) in [4.78, 5) is 13.4. The van der Waals surface area contributed by atoms with E-state index in [4.69, 9.17) is 12.2 Å². The van der Waals surface area contributed by atoms with Crippen molar-refractivity contribution >= 4 is 56.1 Å². The first-order valence-corrected chi connectivity index (χ1v) is 9.12. The largest absolute Gasteiger partial charge is 0.350 e. The maximum Gasteiger partial charge on any atom is 0.171 e. The summed E-state index contributed by atoms with van der Waals surface area (Å²) in [5.74, 6) is 0.0256. The Labute approximate surface area is 152 Å². The zero-order chi connectivity index (χ0) is 16.6. The molecule has 0 spiro atoms. The van der Waals surface area contributed by atoms with E-state index in [1.807, 2.05) is 43.3 Å². The van der Waals surface area contributed by atoms with Gasteiger partial charge in [0.1, 0.15) is 0 Å². The SMILES string of the molecule is CC(=O)C1=C(c2ccc(C)cc2)NC(=S)N[C@@H]1c1ccc(Br)s1. The van der Waals surface area contributed by atoms with Gasteiger partial charge in [-0.3, -0.25) is 4.79 Å². The van der Waals surface area contributed by atoms with Gasteiger partial charge in [-0.15, -0.1) is 11.3 Å². The van der Waals surface area contributed by atoms with Crippen LogP contribution >= 0.6 is 39.5 Å². The fraction of sp³-hybridized carbons (Fsp3) is 0.176. The maximum atomic E-state index is 12.4. The van der Waals surface area contributed by atoms with Crippen molar-refractivity contribution in [2.75, 3.05) is 0 Å². The van der Waals surface area contributed by atoms with E-state index in [1.165, 1.54) is 5.56 Å². The molecule has 0 bridgehead atoms. The summed E-state index contributed by atoms with van der Waals surface area (Å²) in [6.07, 6.45) is 0. The van der Waals surface area contributed by atoms with Crippen LogP contribution < -0.4 is 10.6 Å². The number of aryl methyl sites for hydroxylation is 1. The maximum absolute atomic E-state index is 12.4. The summed E-state index contributed by atoms with van der Waals surface area (Å²) in [5, 5.41) is 6.91. The Morgan fingerprint density at radius 1 is 1.22 bits per heavy atom. The van der Waals surface area contributed by atoms with Gasteiger partial charge in [-0.25, -0.2) is 0 Å². The van der Waals surface area contributed by atoms with Crippen LogP contribution in [0.3, 0.4) is 0 Å². The Morgan fingerprint density at radius 2 is 1.91 bits per heavy atom. The molecule has 0 aliphatic carbocycles.